The van der Waals surface area contributed by atoms with Gasteiger partial charge in [0.1, 0.15) is 6.10 Å². The molecule has 174 valence electrons. The number of methoxy groups -OCH3 is 1. The summed E-state index contributed by atoms with van der Waals surface area (Å²) in [5.74, 6) is 3.80. The van der Waals surface area contributed by atoms with Crippen molar-refractivity contribution >= 4 is 11.9 Å². The molecule has 0 aromatic heterocycles. The molecule has 9 atom stereocenters. The van der Waals surface area contributed by atoms with Crippen molar-refractivity contribution in [1.29, 1.82) is 0 Å². The SMILES string of the molecule is COC(=O)CCC(C)C1CCC2C3C=CC4CC(OC(C)=O)CCC4(C)C3CCC12C. The highest BCUT2D eigenvalue weighted by molar-refractivity contribution is 5.69. The van der Waals surface area contributed by atoms with Crippen LogP contribution < -0.4 is 0 Å². The molecule has 0 aromatic carbocycles. The van der Waals surface area contributed by atoms with Crippen molar-refractivity contribution in [3.05, 3.63) is 12.2 Å². The molecule has 4 rings (SSSR count). The lowest BCUT2D eigenvalue weighted by Gasteiger charge is -2.59. The summed E-state index contributed by atoms with van der Waals surface area (Å²) in [5, 5.41) is 0. The van der Waals surface area contributed by atoms with Crippen LogP contribution in [-0.4, -0.2) is 25.2 Å². The molecule has 0 spiro atoms. The molecule has 0 aromatic rings. The zero-order chi connectivity index (χ0) is 22.4. The zero-order valence-corrected chi connectivity index (χ0v) is 20.2. The van der Waals surface area contributed by atoms with Gasteiger partial charge in [-0.2, -0.15) is 0 Å². The summed E-state index contributed by atoms with van der Waals surface area (Å²) in [7, 11) is 1.49. The molecule has 4 heteroatoms. The van der Waals surface area contributed by atoms with Gasteiger partial charge >= 0.3 is 11.9 Å². The second kappa shape index (κ2) is 8.56. The van der Waals surface area contributed by atoms with Crippen molar-refractivity contribution in [2.45, 2.75) is 91.6 Å². The highest BCUT2D eigenvalue weighted by atomic mass is 16.5. The monoisotopic (exact) mass is 430 g/mol. The zero-order valence-electron chi connectivity index (χ0n) is 20.2. The van der Waals surface area contributed by atoms with Crippen molar-refractivity contribution in [2.24, 2.45) is 46.3 Å². The number of fused-ring (bicyclic) bond motifs is 5. The normalized spacial score (nSPS) is 44.5. The average molecular weight is 431 g/mol. The van der Waals surface area contributed by atoms with Gasteiger partial charge in [-0.15, -0.1) is 0 Å². The number of ether oxygens (including phenoxy) is 2. The highest BCUT2D eigenvalue weighted by Gasteiger charge is 2.59. The average Bonchev–Trinajstić information content (AvgIpc) is 3.09. The summed E-state index contributed by atoms with van der Waals surface area (Å²) < 4.78 is 10.5. The minimum absolute atomic E-state index is 0.0752. The maximum absolute atomic E-state index is 11.7. The quantitative estimate of drug-likeness (QED) is 0.400. The van der Waals surface area contributed by atoms with Crippen molar-refractivity contribution < 1.29 is 19.1 Å². The van der Waals surface area contributed by atoms with Crippen LogP contribution in [0.3, 0.4) is 0 Å². The van der Waals surface area contributed by atoms with Crippen LogP contribution in [0.5, 0.6) is 0 Å². The van der Waals surface area contributed by atoms with Gasteiger partial charge in [0.05, 0.1) is 7.11 Å². The van der Waals surface area contributed by atoms with Crippen molar-refractivity contribution in [3.63, 3.8) is 0 Å². The largest absolute Gasteiger partial charge is 0.469 e. The lowest BCUT2D eigenvalue weighted by Crippen LogP contribution is -2.52. The number of allylic oxidation sites excluding steroid dienone is 2. The molecule has 3 saturated carbocycles. The minimum atomic E-state index is -0.141. The van der Waals surface area contributed by atoms with Gasteiger partial charge in [-0.05, 0) is 97.7 Å². The molecule has 0 aliphatic heterocycles. The molecule has 4 nitrogen and oxygen atoms in total. The van der Waals surface area contributed by atoms with E-state index in [1.807, 2.05) is 0 Å². The fourth-order valence-corrected chi connectivity index (χ4v) is 8.55. The Balaban J connectivity index is 1.49. The summed E-state index contributed by atoms with van der Waals surface area (Å²) in [5.41, 5.74) is 0.727. The fraction of sp³-hybridized carbons (Fsp3) is 0.852. The molecule has 0 radical (unpaired) electrons. The molecular weight excluding hydrogens is 388 g/mol. The third-order valence-electron chi connectivity index (χ3n) is 10.2. The van der Waals surface area contributed by atoms with Gasteiger partial charge in [0.2, 0.25) is 0 Å². The van der Waals surface area contributed by atoms with Crippen molar-refractivity contribution in [2.75, 3.05) is 7.11 Å². The number of carbonyl (C=O) groups is 2. The van der Waals surface area contributed by atoms with Crippen LogP contribution in [0.2, 0.25) is 0 Å². The molecule has 0 N–H and O–H groups in total. The Morgan fingerprint density at radius 3 is 2.45 bits per heavy atom. The van der Waals surface area contributed by atoms with Gasteiger partial charge in [-0.3, -0.25) is 9.59 Å². The topological polar surface area (TPSA) is 52.6 Å². The first-order chi connectivity index (χ1) is 14.7. The van der Waals surface area contributed by atoms with E-state index >= 15 is 0 Å². The van der Waals surface area contributed by atoms with Crippen LogP contribution in [-0.2, 0) is 19.1 Å². The molecule has 4 aliphatic carbocycles. The van der Waals surface area contributed by atoms with Crippen LogP contribution >= 0.6 is 0 Å². The van der Waals surface area contributed by atoms with E-state index in [0.717, 1.165) is 31.1 Å². The second-order valence-corrected chi connectivity index (χ2v) is 11.6. The first-order valence-electron chi connectivity index (χ1n) is 12.6. The summed E-state index contributed by atoms with van der Waals surface area (Å²) in [4.78, 5) is 23.1. The molecule has 0 saturated heterocycles. The van der Waals surface area contributed by atoms with E-state index in [9.17, 15) is 9.59 Å². The molecule has 0 heterocycles. The van der Waals surface area contributed by atoms with E-state index in [-0.39, 0.29) is 18.0 Å². The van der Waals surface area contributed by atoms with E-state index in [2.05, 4.69) is 32.9 Å². The lowest BCUT2D eigenvalue weighted by atomic mass is 9.46. The fourth-order valence-electron chi connectivity index (χ4n) is 8.55. The Morgan fingerprint density at radius 1 is 1.03 bits per heavy atom. The second-order valence-electron chi connectivity index (χ2n) is 11.6. The standard InChI is InChI=1S/C27H42O4/c1-17(6-11-25(29)30-5)22-9-10-23-21-8-7-19-16-20(31-18(2)28)12-14-26(19,3)24(21)13-15-27(22,23)4/h7-8,17,19-24H,6,9-16H2,1-5H3. The number of esters is 2. The van der Waals surface area contributed by atoms with Crippen molar-refractivity contribution in [1.82, 2.24) is 0 Å². The minimum Gasteiger partial charge on any atom is -0.469 e. The van der Waals surface area contributed by atoms with E-state index < -0.39 is 0 Å². The molecule has 0 amide bonds. The third-order valence-corrected chi connectivity index (χ3v) is 10.2. The number of hydrogen-bond donors (Lipinski definition) is 0. The summed E-state index contributed by atoms with van der Waals surface area (Å²) >= 11 is 0. The summed E-state index contributed by atoms with van der Waals surface area (Å²) in [6.45, 7) is 8.97. The molecule has 31 heavy (non-hydrogen) atoms. The first-order valence-corrected chi connectivity index (χ1v) is 12.6. The molecule has 3 fully saturated rings. The predicted molar refractivity (Wildman–Crippen MR) is 121 cm³/mol. The lowest BCUT2D eigenvalue weighted by molar-refractivity contribution is -0.153. The van der Waals surface area contributed by atoms with E-state index in [1.54, 1.807) is 0 Å². The number of carbonyl (C=O) groups excluding carboxylic acids is 2. The van der Waals surface area contributed by atoms with Crippen LogP contribution in [0.25, 0.3) is 0 Å². The maximum atomic E-state index is 11.7. The van der Waals surface area contributed by atoms with E-state index in [4.69, 9.17) is 9.47 Å². The van der Waals surface area contributed by atoms with E-state index in [1.165, 1.54) is 46.1 Å². The Hall–Kier alpha value is -1.32. The smallest absolute Gasteiger partial charge is 0.305 e. The number of hydrogen-bond acceptors (Lipinski definition) is 4. The van der Waals surface area contributed by atoms with Crippen LogP contribution in [0, 0.1) is 46.3 Å². The Labute approximate surface area is 188 Å². The van der Waals surface area contributed by atoms with Crippen LogP contribution in [0.15, 0.2) is 12.2 Å². The highest BCUT2D eigenvalue weighted by Crippen LogP contribution is 2.67. The van der Waals surface area contributed by atoms with E-state index in [0.29, 0.717) is 40.9 Å². The first kappa shape index (κ1) is 22.9. The van der Waals surface area contributed by atoms with Crippen LogP contribution in [0.4, 0.5) is 0 Å². The molecule has 4 aliphatic rings. The molecular formula is C27H42O4. The van der Waals surface area contributed by atoms with Gasteiger partial charge in [-0.1, -0.05) is 32.9 Å². The van der Waals surface area contributed by atoms with Crippen LogP contribution in [0.1, 0.15) is 85.5 Å². The third kappa shape index (κ3) is 3.97. The summed E-state index contributed by atoms with van der Waals surface area (Å²) in [6, 6.07) is 0. The van der Waals surface area contributed by atoms with Crippen molar-refractivity contribution in [3.8, 4) is 0 Å². The van der Waals surface area contributed by atoms with Gasteiger partial charge in [0.15, 0.2) is 0 Å². The van der Waals surface area contributed by atoms with Gasteiger partial charge in [-0.25, -0.2) is 0 Å². The van der Waals surface area contributed by atoms with Gasteiger partial charge < -0.3 is 9.47 Å². The number of rotatable bonds is 5. The summed E-state index contributed by atoms with van der Waals surface area (Å²) in [6.07, 6.45) is 15.1. The predicted octanol–water partition coefficient (Wildman–Crippen LogP) is 5.94. The Kier molecular flexibility index (Phi) is 6.31. The Bertz CT molecular complexity index is 729. The van der Waals surface area contributed by atoms with Gasteiger partial charge in [0.25, 0.3) is 0 Å². The maximum Gasteiger partial charge on any atom is 0.305 e. The molecule has 0 bridgehead atoms. The van der Waals surface area contributed by atoms with Gasteiger partial charge in [0, 0.05) is 13.3 Å². The molecule has 9 unspecified atom stereocenters. The Morgan fingerprint density at radius 2 is 1.74 bits per heavy atom.